The number of aliphatic hydroxyl groups excluding tert-OH is 2. The Hall–Kier alpha value is -3.41. The van der Waals surface area contributed by atoms with Crippen molar-refractivity contribution in [1.29, 1.82) is 0 Å². The molecular weight excluding hydrogens is 504 g/mol. The fraction of sp³-hybridized carbons (Fsp3) is 0.536. The Bertz CT molecular complexity index is 1310. The zero-order chi connectivity index (χ0) is 29.1. The fourth-order valence-corrected chi connectivity index (χ4v) is 6.38. The van der Waals surface area contributed by atoms with Gasteiger partial charge in [0.1, 0.15) is 22.8 Å². The van der Waals surface area contributed by atoms with Crippen molar-refractivity contribution >= 4 is 28.9 Å². The molecule has 0 heterocycles. The van der Waals surface area contributed by atoms with Crippen molar-refractivity contribution in [2.75, 3.05) is 39.6 Å². The number of hydrogen-bond donors (Lipinski definition) is 6. The number of phenolic OH excluding ortho intramolecular Hbond substituents is 1. The summed E-state index contributed by atoms with van der Waals surface area (Å²) in [6.07, 6.45) is 0.298. The van der Waals surface area contributed by atoms with Gasteiger partial charge in [-0.05, 0) is 56.9 Å². The van der Waals surface area contributed by atoms with E-state index in [0.717, 1.165) is 5.69 Å². The molecule has 4 atom stereocenters. The van der Waals surface area contributed by atoms with Gasteiger partial charge in [-0.1, -0.05) is 13.8 Å². The van der Waals surface area contributed by atoms with Crippen molar-refractivity contribution in [3.8, 4) is 5.75 Å². The molecule has 0 saturated heterocycles. The quantitative estimate of drug-likeness (QED) is 0.270. The SMILES string of the molecule is CC(C)CNCc1cc(N(C)C)c2c(c1O)C(O)=C1C(=O)[C@@]3(O)C(O)=C(C(N)=O)C(=O)[C@@H](N(C)C)[C@@H]3C[C@@H]1C2. The first-order valence-corrected chi connectivity index (χ1v) is 13.0. The lowest BCUT2D eigenvalue weighted by atomic mass is 9.57. The summed E-state index contributed by atoms with van der Waals surface area (Å²) >= 11 is 0. The number of aromatic hydroxyl groups is 1. The van der Waals surface area contributed by atoms with Crippen LogP contribution in [0.4, 0.5) is 5.69 Å². The van der Waals surface area contributed by atoms with Crippen LogP contribution in [0.1, 0.15) is 37.0 Å². The minimum atomic E-state index is -2.65. The summed E-state index contributed by atoms with van der Waals surface area (Å²) in [4.78, 5) is 42.7. The number of carbonyl (C=O) groups excluding carboxylic acids is 3. The molecule has 1 fully saturated rings. The number of carbonyl (C=O) groups is 3. The first-order valence-electron chi connectivity index (χ1n) is 13.0. The highest BCUT2D eigenvalue weighted by atomic mass is 16.3. The third-order valence-electron chi connectivity index (χ3n) is 8.13. The van der Waals surface area contributed by atoms with Gasteiger partial charge in [-0.2, -0.15) is 0 Å². The van der Waals surface area contributed by atoms with Crippen molar-refractivity contribution < 1.29 is 34.8 Å². The van der Waals surface area contributed by atoms with Crippen LogP contribution in [0.25, 0.3) is 5.76 Å². The first kappa shape index (κ1) is 28.6. The molecule has 0 radical (unpaired) electrons. The van der Waals surface area contributed by atoms with Crippen molar-refractivity contribution in [3.05, 3.63) is 39.7 Å². The molecule has 3 aliphatic carbocycles. The van der Waals surface area contributed by atoms with Crippen LogP contribution < -0.4 is 16.0 Å². The minimum absolute atomic E-state index is 0.0527. The van der Waals surface area contributed by atoms with E-state index in [1.54, 1.807) is 14.1 Å². The van der Waals surface area contributed by atoms with Crippen LogP contribution in [0.5, 0.6) is 5.75 Å². The van der Waals surface area contributed by atoms with Crippen molar-refractivity contribution in [1.82, 2.24) is 10.2 Å². The Morgan fingerprint density at radius 2 is 1.82 bits per heavy atom. The Labute approximate surface area is 227 Å². The van der Waals surface area contributed by atoms with E-state index in [2.05, 4.69) is 19.2 Å². The second-order valence-corrected chi connectivity index (χ2v) is 11.6. The number of fused-ring (bicyclic) bond motifs is 3. The highest BCUT2D eigenvalue weighted by Crippen LogP contribution is 2.54. The van der Waals surface area contributed by atoms with Gasteiger partial charge in [0.15, 0.2) is 11.4 Å². The molecule has 1 amide bonds. The van der Waals surface area contributed by atoms with Gasteiger partial charge in [-0.25, -0.2) is 0 Å². The predicted molar refractivity (Wildman–Crippen MR) is 145 cm³/mol. The normalized spacial score (nSPS) is 26.6. The van der Waals surface area contributed by atoms with Gasteiger partial charge < -0.3 is 36.4 Å². The van der Waals surface area contributed by atoms with E-state index >= 15 is 0 Å². The van der Waals surface area contributed by atoms with Crippen LogP contribution in [-0.4, -0.2) is 89.2 Å². The second kappa shape index (κ2) is 9.96. The standard InChI is InChI=1S/C28H38N4O7/c1-12(2)10-30-11-14-9-17(31(3)4)15-7-13-8-16-21(32(5)6)24(35)20(27(29)38)26(37)28(16,39)25(36)18(13)23(34)19(15)22(14)33/h9,12-13,16,21,30,33-34,37,39H,7-8,10-11H2,1-6H3,(H2,29,38)/t13-,16-,21-,28+/m0/s1. The number of nitrogens with one attached hydrogen (secondary N) is 1. The van der Waals surface area contributed by atoms with Crippen LogP contribution >= 0.6 is 0 Å². The molecule has 3 aliphatic rings. The Morgan fingerprint density at radius 1 is 1.18 bits per heavy atom. The lowest BCUT2D eigenvalue weighted by Crippen LogP contribution is -2.65. The number of rotatable bonds is 7. The molecule has 11 nitrogen and oxygen atoms in total. The van der Waals surface area contributed by atoms with Gasteiger partial charge >= 0.3 is 0 Å². The minimum Gasteiger partial charge on any atom is -0.508 e. The van der Waals surface area contributed by atoms with E-state index in [1.165, 1.54) is 4.90 Å². The second-order valence-electron chi connectivity index (χ2n) is 11.6. The molecule has 1 aromatic carbocycles. The molecule has 212 valence electrons. The number of anilines is 1. The van der Waals surface area contributed by atoms with E-state index < -0.39 is 58.0 Å². The van der Waals surface area contributed by atoms with E-state index in [9.17, 15) is 34.8 Å². The summed E-state index contributed by atoms with van der Waals surface area (Å²) in [5, 5.41) is 48.8. The predicted octanol–water partition coefficient (Wildman–Crippen LogP) is 0.776. The number of primary amides is 1. The molecule has 1 aromatic rings. The third kappa shape index (κ3) is 4.29. The molecule has 0 aliphatic heterocycles. The molecule has 39 heavy (non-hydrogen) atoms. The summed E-state index contributed by atoms with van der Waals surface area (Å²) in [6, 6.07) is 0.736. The number of amides is 1. The van der Waals surface area contributed by atoms with Gasteiger partial charge in [0.2, 0.25) is 5.78 Å². The maximum absolute atomic E-state index is 14.0. The summed E-state index contributed by atoms with van der Waals surface area (Å²) < 4.78 is 0. The van der Waals surface area contributed by atoms with E-state index in [4.69, 9.17) is 5.73 Å². The number of hydrogen-bond acceptors (Lipinski definition) is 10. The largest absolute Gasteiger partial charge is 0.508 e. The summed E-state index contributed by atoms with van der Waals surface area (Å²) in [7, 11) is 6.83. The van der Waals surface area contributed by atoms with Crippen LogP contribution in [0.2, 0.25) is 0 Å². The van der Waals surface area contributed by atoms with Gasteiger partial charge in [-0.15, -0.1) is 0 Å². The average molecular weight is 543 g/mol. The smallest absolute Gasteiger partial charge is 0.255 e. The number of ketones is 2. The average Bonchev–Trinajstić information content (AvgIpc) is 2.81. The van der Waals surface area contributed by atoms with Crippen LogP contribution in [0.3, 0.4) is 0 Å². The number of phenols is 1. The van der Waals surface area contributed by atoms with E-state index in [0.29, 0.717) is 30.1 Å². The van der Waals surface area contributed by atoms with Crippen LogP contribution in [0, 0.1) is 17.8 Å². The molecule has 0 bridgehead atoms. The highest BCUT2D eigenvalue weighted by Gasteiger charge is 2.64. The molecular formula is C28H38N4O7. The number of aliphatic hydroxyl groups is 3. The molecule has 4 rings (SSSR count). The van der Waals surface area contributed by atoms with E-state index in [-0.39, 0.29) is 29.7 Å². The zero-order valence-electron chi connectivity index (χ0n) is 23.2. The van der Waals surface area contributed by atoms with Gasteiger partial charge in [0.05, 0.1) is 11.6 Å². The number of likely N-dealkylation sites (N-methyl/N-ethyl adjacent to an activating group) is 1. The Balaban J connectivity index is 1.93. The number of nitrogens with zero attached hydrogens (tertiary/aromatic N) is 2. The van der Waals surface area contributed by atoms with Crippen molar-refractivity contribution in [2.45, 2.75) is 44.9 Å². The summed E-state index contributed by atoms with van der Waals surface area (Å²) in [5.41, 5.74) is 3.75. The molecule has 0 spiro atoms. The fourth-order valence-electron chi connectivity index (χ4n) is 6.38. The maximum Gasteiger partial charge on any atom is 0.255 e. The topological polar surface area (TPSA) is 177 Å². The molecule has 11 heteroatoms. The molecule has 0 unspecified atom stereocenters. The summed E-state index contributed by atoms with van der Waals surface area (Å²) in [5.74, 6) is -6.15. The molecule has 0 aromatic heterocycles. The van der Waals surface area contributed by atoms with Gasteiger partial charge in [0.25, 0.3) is 5.91 Å². The monoisotopic (exact) mass is 542 g/mol. The van der Waals surface area contributed by atoms with Crippen LogP contribution in [0.15, 0.2) is 23.0 Å². The first-order chi connectivity index (χ1) is 18.1. The highest BCUT2D eigenvalue weighted by molar-refractivity contribution is 6.24. The van der Waals surface area contributed by atoms with Gasteiger partial charge in [0, 0.05) is 43.4 Å². The molecule has 1 saturated carbocycles. The maximum atomic E-state index is 14.0. The number of Topliss-reactive ketones (excluding diaryl/α,β-unsaturated/α-hetero) is 2. The van der Waals surface area contributed by atoms with Crippen molar-refractivity contribution in [2.24, 2.45) is 23.5 Å². The Morgan fingerprint density at radius 3 is 2.36 bits per heavy atom. The lowest BCUT2D eigenvalue weighted by Gasteiger charge is -2.50. The van der Waals surface area contributed by atoms with Crippen molar-refractivity contribution in [3.63, 3.8) is 0 Å². The zero-order valence-corrected chi connectivity index (χ0v) is 23.2. The third-order valence-corrected chi connectivity index (χ3v) is 8.13. The van der Waals surface area contributed by atoms with Gasteiger partial charge in [-0.3, -0.25) is 19.3 Å². The summed E-state index contributed by atoms with van der Waals surface area (Å²) in [6.45, 7) is 5.14. The lowest BCUT2D eigenvalue weighted by molar-refractivity contribution is -0.153. The van der Waals surface area contributed by atoms with Crippen LogP contribution in [-0.2, 0) is 27.3 Å². The number of nitrogens with two attached hydrogens (primary N) is 1. The Kier molecular flexibility index (Phi) is 7.30. The number of benzene rings is 1. The van der Waals surface area contributed by atoms with E-state index in [1.807, 2.05) is 25.1 Å². The molecule has 7 N–H and O–H groups in total.